The molecule has 0 unspecified atom stereocenters. The summed E-state index contributed by atoms with van der Waals surface area (Å²) in [7, 11) is 0. The molecule has 74 valence electrons. The third kappa shape index (κ3) is 2.93. The fourth-order valence-corrected chi connectivity index (χ4v) is 1.64. The zero-order valence-electron chi connectivity index (χ0n) is 6.90. The number of nitrogens with zero attached hydrogens (tertiary/aromatic N) is 1. The van der Waals surface area contributed by atoms with Gasteiger partial charge in [-0.1, -0.05) is 58.5 Å². The highest BCUT2D eigenvalue weighted by molar-refractivity contribution is 6.50. The van der Waals surface area contributed by atoms with Crippen molar-refractivity contribution >= 4 is 46.4 Å². The molecule has 1 aromatic rings. The number of halogens is 4. The van der Waals surface area contributed by atoms with Gasteiger partial charge >= 0.3 is 0 Å². The van der Waals surface area contributed by atoms with Gasteiger partial charge in [0.15, 0.2) is 0 Å². The van der Waals surface area contributed by atoms with Crippen molar-refractivity contribution in [3.8, 4) is 6.07 Å². The first-order valence-corrected chi connectivity index (χ1v) is 5.19. The van der Waals surface area contributed by atoms with E-state index in [2.05, 4.69) is 0 Å². The quantitative estimate of drug-likeness (QED) is 0.737. The van der Waals surface area contributed by atoms with Gasteiger partial charge in [0.1, 0.15) is 6.07 Å². The van der Waals surface area contributed by atoms with Gasteiger partial charge in [-0.2, -0.15) is 5.26 Å². The lowest BCUT2D eigenvalue weighted by atomic mass is 10.1. The molecule has 5 heteroatoms. The minimum absolute atomic E-state index is 0.145. The molecule has 14 heavy (non-hydrogen) atoms. The third-order valence-corrected chi connectivity index (χ3v) is 2.90. The molecule has 1 rings (SSSR count). The molecule has 0 N–H and O–H groups in total. The predicted octanol–water partition coefficient (Wildman–Crippen LogP) is 4.23. The van der Waals surface area contributed by atoms with Crippen LogP contribution >= 0.6 is 46.4 Å². The zero-order valence-corrected chi connectivity index (χ0v) is 9.92. The molecule has 0 heterocycles. The van der Waals surface area contributed by atoms with E-state index in [0.717, 1.165) is 0 Å². The average Bonchev–Trinajstić information content (AvgIpc) is 2.13. The standard InChI is InChI=1S/C9H5Cl4N/c10-7-3-1-2-6(8(7)11)4-9(12,13)5-14/h1-3H,4H2. The van der Waals surface area contributed by atoms with Crippen LogP contribution in [0.2, 0.25) is 10.0 Å². The summed E-state index contributed by atoms with van der Waals surface area (Å²) in [6, 6.07) is 6.88. The summed E-state index contributed by atoms with van der Waals surface area (Å²) in [5.41, 5.74) is 0.658. The molecule has 0 saturated carbocycles. The van der Waals surface area contributed by atoms with E-state index in [0.29, 0.717) is 15.6 Å². The van der Waals surface area contributed by atoms with Gasteiger partial charge in [-0.05, 0) is 11.6 Å². The van der Waals surface area contributed by atoms with Crippen LogP contribution < -0.4 is 0 Å². The Kier molecular flexibility index (Phi) is 3.92. The van der Waals surface area contributed by atoms with E-state index in [1.165, 1.54) is 0 Å². The van der Waals surface area contributed by atoms with Crippen molar-refractivity contribution in [3.63, 3.8) is 0 Å². The summed E-state index contributed by atoms with van der Waals surface area (Å²) in [5, 5.41) is 9.43. The Morgan fingerprint density at radius 1 is 1.29 bits per heavy atom. The Hall–Kier alpha value is -0.130. The van der Waals surface area contributed by atoms with Gasteiger partial charge in [0.2, 0.25) is 4.33 Å². The Morgan fingerprint density at radius 2 is 1.93 bits per heavy atom. The molecule has 0 aliphatic rings. The highest BCUT2D eigenvalue weighted by atomic mass is 35.5. The molecule has 0 saturated heterocycles. The number of hydrogen-bond donors (Lipinski definition) is 0. The summed E-state index contributed by atoms with van der Waals surface area (Å²) < 4.78 is -1.46. The molecule has 0 spiro atoms. The fraction of sp³-hybridized carbons (Fsp3) is 0.222. The Morgan fingerprint density at radius 3 is 2.50 bits per heavy atom. The van der Waals surface area contributed by atoms with Gasteiger partial charge in [0, 0.05) is 6.42 Å². The first-order valence-electron chi connectivity index (χ1n) is 3.68. The second kappa shape index (κ2) is 4.59. The van der Waals surface area contributed by atoms with E-state index in [1.807, 2.05) is 0 Å². The molecule has 0 fully saturated rings. The SMILES string of the molecule is N#CC(Cl)(Cl)Cc1cccc(Cl)c1Cl. The number of alkyl halides is 2. The topological polar surface area (TPSA) is 23.8 Å². The molecular formula is C9H5Cl4N. The maximum absolute atomic E-state index is 8.63. The van der Waals surface area contributed by atoms with Crippen LogP contribution in [-0.2, 0) is 6.42 Å². The fourth-order valence-electron chi connectivity index (χ4n) is 0.964. The molecule has 0 atom stereocenters. The molecule has 1 nitrogen and oxygen atoms in total. The zero-order chi connectivity index (χ0) is 10.8. The van der Waals surface area contributed by atoms with E-state index in [-0.39, 0.29) is 6.42 Å². The van der Waals surface area contributed by atoms with Crippen molar-refractivity contribution in [1.29, 1.82) is 5.26 Å². The largest absolute Gasteiger partial charge is 0.207 e. The predicted molar refractivity (Wildman–Crippen MR) is 60.2 cm³/mol. The summed E-state index contributed by atoms with van der Waals surface area (Å²) in [5.74, 6) is 0. The maximum Gasteiger partial charge on any atom is 0.207 e. The molecule has 0 aromatic heterocycles. The van der Waals surface area contributed by atoms with Gasteiger partial charge in [-0.25, -0.2) is 0 Å². The number of nitriles is 1. The van der Waals surface area contributed by atoms with Crippen LogP contribution in [-0.4, -0.2) is 4.33 Å². The molecule has 0 aliphatic heterocycles. The maximum atomic E-state index is 8.63. The Bertz CT molecular complexity index is 381. The number of rotatable bonds is 2. The first kappa shape index (κ1) is 11.9. The lowest BCUT2D eigenvalue weighted by Crippen LogP contribution is -2.13. The molecular weight excluding hydrogens is 264 g/mol. The molecule has 1 aromatic carbocycles. The summed E-state index contributed by atoms with van der Waals surface area (Å²) in [4.78, 5) is 0. The van der Waals surface area contributed by atoms with Crippen LogP contribution in [0.1, 0.15) is 5.56 Å². The monoisotopic (exact) mass is 267 g/mol. The summed E-state index contributed by atoms with van der Waals surface area (Å²) >= 11 is 23.0. The lowest BCUT2D eigenvalue weighted by Gasteiger charge is -2.11. The van der Waals surface area contributed by atoms with E-state index in [4.69, 9.17) is 51.7 Å². The Balaban J connectivity index is 3.00. The second-order valence-corrected chi connectivity index (χ2v) is 4.98. The van der Waals surface area contributed by atoms with Crippen LogP contribution in [0, 0.1) is 11.3 Å². The highest BCUT2D eigenvalue weighted by Gasteiger charge is 2.25. The minimum Gasteiger partial charge on any atom is -0.195 e. The number of benzene rings is 1. The van der Waals surface area contributed by atoms with Crippen LogP contribution in [0.4, 0.5) is 0 Å². The van der Waals surface area contributed by atoms with Crippen molar-refractivity contribution in [3.05, 3.63) is 33.8 Å². The third-order valence-electron chi connectivity index (χ3n) is 1.61. The van der Waals surface area contributed by atoms with Crippen molar-refractivity contribution < 1.29 is 0 Å². The average molecular weight is 269 g/mol. The van der Waals surface area contributed by atoms with E-state index in [9.17, 15) is 0 Å². The molecule has 0 amide bonds. The molecule has 0 bridgehead atoms. The summed E-state index contributed by atoms with van der Waals surface area (Å²) in [6.45, 7) is 0. The summed E-state index contributed by atoms with van der Waals surface area (Å²) in [6.07, 6.45) is 0.145. The van der Waals surface area contributed by atoms with Crippen molar-refractivity contribution in [2.75, 3.05) is 0 Å². The van der Waals surface area contributed by atoms with Crippen LogP contribution in [0.15, 0.2) is 18.2 Å². The van der Waals surface area contributed by atoms with Gasteiger partial charge in [-0.3, -0.25) is 0 Å². The van der Waals surface area contributed by atoms with Gasteiger partial charge < -0.3 is 0 Å². The smallest absolute Gasteiger partial charge is 0.195 e. The second-order valence-electron chi connectivity index (χ2n) is 2.71. The van der Waals surface area contributed by atoms with Crippen molar-refractivity contribution in [1.82, 2.24) is 0 Å². The van der Waals surface area contributed by atoms with Gasteiger partial charge in [0.25, 0.3) is 0 Å². The van der Waals surface area contributed by atoms with E-state index < -0.39 is 4.33 Å². The lowest BCUT2D eigenvalue weighted by molar-refractivity contribution is 0.946. The highest BCUT2D eigenvalue weighted by Crippen LogP contribution is 2.32. The van der Waals surface area contributed by atoms with E-state index in [1.54, 1.807) is 24.3 Å². The minimum atomic E-state index is -1.46. The number of hydrogen-bond acceptors (Lipinski definition) is 1. The molecule has 0 aliphatic carbocycles. The molecule has 0 radical (unpaired) electrons. The normalized spacial score (nSPS) is 11.1. The first-order chi connectivity index (χ1) is 6.46. The van der Waals surface area contributed by atoms with Crippen molar-refractivity contribution in [2.45, 2.75) is 10.8 Å². The van der Waals surface area contributed by atoms with Crippen LogP contribution in [0.3, 0.4) is 0 Å². The van der Waals surface area contributed by atoms with Gasteiger partial charge in [0.05, 0.1) is 10.0 Å². The van der Waals surface area contributed by atoms with Crippen molar-refractivity contribution in [2.24, 2.45) is 0 Å². The van der Waals surface area contributed by atoms with E-state index >= 15 is 0 Å². The van der Waals surface area contributed by atoms with Gasteiger partial charge in [-0.15, -0.1) is 0 Å². The Labute approximate surface area is 102 Å². The van der Waals surface area contributed by atoms with Crippen LogP contribution in [0.5, 0.6) is 0 Å². The van der Waals surface area contributed by atoms with Crippen LogP contribution in [0.25, 0.3) is 0 Å².